The molecule has 0 bridgehead atoms. The van der Waals surface area contributed by atoms with Crippen molar-refractivity contribution in [1.29, 1.82) is 0 Å². The molecule has 2 nitrogen and oxygen atoms in total. The molecule has 0 aliphatic heterocycles. The topological polar surface area (TPSA) is 34.1 Å². The molecule has 0 saturated heterocycles. The quantitative estimate of drug-likeness (QED) is 0.621. The summed E-state index contributed by atoms with van der Waals surface area (Å²) in [6.07, 6.45) is 0. The Balaban J connectivity index is 4.69. The fraction of sp³-hybridized carbons (Fsp3) is 0. The SMILES string of the molecule is [O]=[Ce](=[O])([F])([F])[F]. The molecule has 0 aromatic rings. The zero-order chi connectivity index (χ0) is 5.45. The van der Waals surface area contributed by atoms with Crippen LogP contribution in [0.25, 0.3) is 0 Å². The van der Waals surface area contributed by atoms with E-state index in [2.05, 4.69) is 0 Å². The Kier molecular flexibility index (Phi) is 1.27. The number of hydrogen-bond donors (Lipinski definition) is 0. The fourth-order valence-corrected chi connectivity index (χ4v) is 0. The molecular formula is CeF3O2. The first-order chi connectivity index (χ1) is 2.24. The van der Waals surface area contributed by atoms with Gasteiger partial charge in [-0.25, -0.2) is 0 Å². The van der Waals surface area contributed by atoms with Gasteiger partial charge in [0, 0.05) is 0 Å². The molecule has 6 heteroatoms. The van der Waals surface area contributed by atoms with Gasteiger partial charge >= 0.3 is 38.6 Å². The zero-order valence-electron chi connectivity index (χ0n) is 2.45. The van der Waals surface area contributed by atoms with E-state index in [1.807, 2.05) is 0 Å². The molecule has 0 unspecified atom stereocenters. The summed E-state index contributed by atoms with van der Waals surface area (Å²) in [5, 5.41) is 0. The van der Waals surface area contributed by atoms with E-state index < -0.39 is 34.0 Å². The van der Waals surface area contributed by atoms with Crippen molar-refractivity contribution in [3.63, 3.8) is 0 Å². The number of rotatable bonds is 0. The predicted molar refractivity (Wildman–Crippen MR) is 4.70 cm³/mol. The normalized spacial score (nSPS) is 14.7. The van der Waals surface area contributed by atoms with Gasteiger partial charge in [0.2, 0.25) is 0 Å². The second-order valence-electron chi connectivity index (χ2n) is 0.761. The van der Waals surface area contributed by atoms with Crippen LogP contribution in [0.3, 0.4) is 0 Å². The van der Waals surface area contributed by atoms with Crippen molar-refractivity contribution in [3.8, 4) is 0 Å². The summed E-state index contributed by atoms with van der Waals surface area (Å²) in [6, 6.07) is 0. The van der Waals surface area contributed by atoms with E-state index in [0.29, 0.717) is 0 Å². The molecule has 0 aromatic carbocycles. The Morgan fingerprint density at radius 3 is 1.00 bits per heavy atom. The summed E-state index contributed by atoms with van der Waals surface area (Å²) in [4.78, 5) is 0. The number of hydrogen-bond acceptors (Lipinski definition) is 2. The van der Waals surface area contributed by atoms with Crippen molar-refractivity contribution >= 4 is 0 Å². The summed E-state index contributed by atoms with van der Waals surface area (Å²) in [5.41, 5.74) is 0. The molecule has 0 aliphatic rings. The van der Waals surface area contributed by atoms with Gasteiger partial charge in [0.1, 0.15) is 0 Å². The second kappa shape index (κ2) is 1.13. The van der Waals surface area contributed by atoms with Crippen molar-refractivity contribution in [2.75, 3.05) is 0 Å². The van der Waals surface area contributed by atoms with Crippen LogP contribution in [-0.4, -0.2) is 0 Å². The van der Waals surface area contributed by atoms with Crippen molar-refractivity contribution in [1.82, 2.24) is 0 Å². The first-order valence-corrected chi connectivity index (χ1v) is 7.10. The molecule has 0 heterocycles. The second-order valence-corrected chi connectivity index (χ2v) is 5.54. The van der Waals surface area contributed by atoms with Crippen LogP contribution in [0.2, 0.25) is 0 Å². The molecule has 0 rings (SSSR count). The Morgan fingerprint density at radius 1 is 1.00 bits per heavy atom. The van der Waals surface area contributed by atoms with Gasteiger partial charge in [0.25, 0.3) is 0 Å². The maximum absolute atomic E-state index is 10.2. The molecule has 0 amide bonds. The van der Waals surface area contributed by atoms with Crippen LogP contribution in [-0.2, 0) is 1.88 Å². The zero-order valence-corrected chi connectivity index (χ0v) is 5.59. The van der Waals surface area contributed by atoms with E-state index in [-0.39, 0.29) is 0 Å². The minimum absolute atomic E-state index is 8.34. The first kappa shape index (κ1) is 6.77. The fourth-order valence-electron chi connectivity index (χ4n) is 0. The molecule has 6 heavy (non-hydrogen) atoms. The number of halogens is 3. The van der Waals surface area contributed by atoms with Gasteiger partial charge in [-0.15, -0.1) is 0 Å². The van der Waals surface area contributed by atoms with Gasteiger partial charge in [-0.2, -0.15) is 0 Å². The van der Waals surface area contributed by atoms with Crippen molar-refractivity contribution in [2.24, 2.45) is 0 Å². The molecule has 0 saturated carbocycles. The summed E-state index contributed by atoms with van der Waals surface area (Å²) in [6.45, 7) is 0. The molecule has 0 aliphatic carbocycles. The summed E-state index contributed by atoms with van der Waals surface area (Å²) >= 11 is -8.85. The monoisotopic (exact) mass is 229 g/mol. The third-order valence-corrected chi connectivity index (χ3v) is 0. The predicted octanol–water partition coefficient (Wildman–Crippen LogP) is 1.02. The van der Waals surface area contributed by atoms with E-state index in [1.54, 1.807) is 0 Å². The Bertz CT molecular complexity index is 135. The van der Waals surface area contributed by atoms with Gasteiger partial charge in [-0.05, 0) is 0 Å². The molecule has 0 atom stereocenters. The third-order valence-electron chi connectivity index (χ3n) is 0. The standard InChI is InChI=1S/Ce.3FH.2O/h;3*1H;;/q+3;;;;;/p-3. The van der Waals surface area contributed by atoms with Crippen molar-refractivity contribution in [2.45, 2.75) is 0 Å². The minimum atomic E-state index is -8.85. The van der Waals surface area contributed by atoms with Crippen molar-refractivity contribution in [3.05, 3.63) is 0 Å². The Hall–Kier alpha value is 0.767. The molecule has 0 aromatic heterocycles. The summed E-state index contributed by atoms with van der Waals surface area (Å²) < 4.78 is 47.1. The van der Waals surface area contributed by atoms with Crippen molar-refractivity contribution < 1.29 is 38.6 Å². The summed E-state index contributed by atoms with van der Waals surface area (Å²) in [7, 11) is 0. The molecular weight excluding hydrogens is 229 g/mol. The van der Waals surface area contributed by atoms with Gasteiger partial charge in [-0.3, -0.25) is 0 Å². The molecule has 37 valence electrons. The molecule has 0 spiro atoms. The average Bonchev–Trinajstić information content (AvgIpc) is 0.650. The van der Waals surface area contributed by atoms with Crippen LogP contribution < -0.4 is 0 Å². The van der Waals surface area contributed by atoms with Gasteiger partial charge < -0.3 is 0 Å². The van der Waals surface area contributed by atoms with Crippen LogP contribution in [0.1, 0.15) is 0 Å². The molecule has 0 radical (unpaired) electrons. The Labute approximate surface area is 38.2 Å². The van der Waals surface area contributed by atoms with Gasteiger partial charge in [0.05, 0.1) is 0 Å². The van der Waals surface area contributed by atoms with Crippen LogP contribution in [0.4, 0.5) is 2.73 Å². The van der Waals surface area contributed by atoms with Crippen LogP contribution in [0.15, 0.2) is 0 Å². The van der Waals surface area contributed by atoms with E-state index in [1.165, 1.54) is 0 Å². The average molecular weight is 229 g/mol. The van der Waals surface area contributed by atoms with E-state index >= 15 is 0 Å². The summed E-state index contributed by atoms with van der Waals surface area (Å²) in [5.74, 6) is 0. The Morgan fingerprint density at radius 2 is 1.00 bits per heavy atom. The van der Waals surface area contributed by atoms with Crippen LogP contribution in [0, 0.1) is 34.0 Å². The first-order valence-electron chi connectivity index (χ1n) is 0.975. The third kappa shape index (κ3) is 115. The van der Waals surface area contributed by atoms with Gasteiger partial charge in [0.15, 0.2) is 0 Å². The van der Waals surface area contributed by atoms with Crippen LogP contribution >= 0.6 is 0 Å². The van der Waals surface area contributed by atoms with Crippen LogP contribution in [0.5, 0.6) is 0 Å². The molecule has 0 N–H and O–H groups in total. The van der Waals surface area contributed by atoms with E-state index in [4.69, 9.17) is 1.88 Å². The van der Waals surface area contributed by atoms with E-state index in [0.717, 1.165) is 0 Å². The van der Waals surface area contributed by atoms with E-state index in [9.17, 15) is 2.73 Å². The van der Waals surface area contributed by atoms with Gasteiger partial charge in [-0.1, -0.05) is 0 Å². The molecule has 0 fully saturated rings. The maximum atomic E-state index is 10.2.